The molecule has 1 aliphatic carbocycles. The average Bonchev–Trinajstić information content (AvgIpc) is 2.81. The van der Waals surface area contributed by atoms with E-state index in [0.717, 1.165) is 18.6 Å². The minimum atomic E-state index is -4.64. The third-order valence-electron chi connectivity index (χ3n) is 3.93. The fourth-order valence-electron chi connectivity index (χ4n) is 2.94. The van der Waals surface area contributed by atoms with Gasteiger partial charge in [-0.1, -0.05) is 12.2 Å². The Balaban J connectivity index is 2.04. The van der Waals surface area contributed by atoms with E-state index in [1.54, 1.807) is 0 Å². The van der Waals surface area contributed by atoms with Gasteiger partial charge in [-0.15, -0.1) is 0 Å². The van der Waals surface area contributed by atoms with Gasteiger partial charge in [0.2, 0.25) is 0 Å². The summed E-state index contributed by atoms with van der Waals surface area (Å²) in [5.74, 6) is 0. The van der Waals surface area contributed by atoms with Gasteiger partial charge in [-0.05, 0) is 31.0 Å². The van der Waals surface area contributed by atoms with Crippen LogP contribution in [0.4, 0.5) is 23.7 Å². The second-order valence-corrected chi connectivity index (χ2v) is 5.26. The normalized spacial score (nSPS) is 23.9. The number of halogens is 3. The molecule has 1 heterocycles. The number of hydrogen-bond donors (Lipinski definition) is 1. The summed E-state index contributed by atoms with van der Waals surface area (Å²) in [6, 6.07) is 4.09. The van der Waals surface area contributed by atoms with E-state index in [0.29, 0.717) is 6.42 Å². The zero-order valence-corrected chi connectivity index (χ0v) is 11.4. The Bertz CT molecular complexity index is 690. The quantitative estimate of drug-likeness (QED) is 0.810. The topological polar surface area (TPSA) is 56.1 Å². The van der Waals surface area contributed by atoms with Crippen molar-refractivity contribution in [3.8, 4) is 6.07 Å². The second kappa shape index (κ2) is 5.05. The fraction of sp³-hybridized carbons (Fsp3) is 0.333. The van der Waals surface area contributed by atoms with Crippen molar-refractivity contribution >= 4 is 11.7 Å². The zero-order valence-electron chi connectivity index (χ0n) is 11.4. The summed E-state index contributed by atoms with van der Waals surface area (Å²) in [4.78, 5) is 13.4. The molecule has 1 aliphatic heterocycles. The summed E-state index contributed by atoms with van der Waals surface area (Å²) in [5.41, 5.74) is -1.31. The van der Waals surface area contributed by atoms with Gasteiger partial charge in [0.25, 0.3) is 0 Å². The first kappa shape index (κ1) is 14.4. The van der Waals surface area contributed by atoms with Crippen molar-refractivity contribution in [3.05, 3.63) is 41.5 Å². The number of nitrogens with zero attached hydrogens (tertiary/aromatic N) is 2. The summed E-state index contributed by atoms with van der Waals surface area (Å²) in [5, 5.41) is 11.6. The van der Waals surface area contributed by atoms with Gasteiger partial charge in [-0.3, -0.25) is 4.90 Å². The number of alkyl halides is 3. The van der Waals surface area contributed by atoms with Crippen molar-refractivity contribution in [1.82, 2.24) is 5.32 Å². The first-order valence-corrected chi connectivity index (χ1v) is 6.79. The molecule has 0 saturated carbocycles. The number of anilines is 1. The van der Waals surface area contributed by atoms with E-state index in [1.165, 1.54) is 17.0 Å². The van der Waals surface area contributed by atoms with E-state index in [9.17, 15) is 18.0 Å². The van der Waals surface area contributed by atoms with Crippen LogP contribution in [0.1, 0.15) is 24.0 Å². The van der Waals surface area contributed by atoms with Crippen LogP contribution in [0.25, 0.3) is 0 Å². The summed E-state index contributed by atoms with van der Waals surface area (Å²) < 4.78 is 39.2. The largest absolute Gasteiger partial charge is 0.417 e. The molecule has 1 aromatic carbocycles. The maximum atomic E-state index is 13.1. The standard InChI is InChI=1S/C15H12F3N3O/c16-15(17,18)11-7-10(6-5-9(11)8-19)21-13-4-2-1-3-12(13)20-14(21)22/h1,3,5-7,12-13H,2,4H2,(H,20,22). The van der Waals surface area contributed by atoms with E-state index in [4.69, 9.17) is 5.26 Å². The molecule has 1 saturated heterocycles. The molecule has 7 heteroatoms. The fourth-order valence-corrected chi connectivity index (χ4v) is 2.94. The lowest BCUT2D eigenvalue weighted by molar-refractivity contribution is -0.137. The maximum Gasteiger partial charge on any atom is 0.417 e. The Morgan fingerprint density at radius 2 is 2.14 bits per heavy atom. The molecule has 0 radical (unpaired) electrons. The van der Waals surface area contributed by atoms with Gasteiger partial charge in [-0.25, -0.2) is 4.79 Å². The first-order chi connectivity index (χ1) is 10.4. The Hall–Kier alpha value is -2.49. The van der Waals surface area contributed by atoms with Crippen molar-refractivity contribution in [2.75, 3.05) is 4.90 Å². The number of hydrogen-bond acceptors (Lipinski definition) is 2. The van der Waals surface area contributed by atoms with Crippen LogP contribution in [0.2, 0.25) is 0 Å². The summed E-state index contributed by atoms with van der Waals surface area (Å²) >= 11 is 0. The Labute approximate surface area is 124 Å². The third kappa shape index (κ3) is 2.30. The number of benzene rings is 1. The molecular formula is C15H12F3N3O. The average molecular weight is 307 g/mol. The molecular weight excluding hydrogens is 295 g/mol. The minimum absolute atomic E-state index is 0.159. The van der Waals surface area contributed by atoms with E-state index in [1.807, 2.05) is 12.2 Å². The first-order valence-electron chi connectivity index (χ1n) is 6.79. The molecule has 0 bridgehead atoms. The SMILES string of the molecule is N#Cc1ccc(N2C(=O)NC3C=CCCC32)cc1C(F)(F)F. The molecule has 1 fully saturated rings. The molecule has 1 aromatic rings. The lowest BCUT2D eigenvalue weighted by Crippen LogP contribution is -2.37. The molecule has 22 heavy (non-hydrogen) atoms. The smallest absolute Gasteiger partial charge is 0.329 e. The Morgan fingerprint density at radius 1 is 1.36 bits per heavy atom. The van der Waals surface area contributed by atoms with Crippen molar-refractivity contribution in [2.45, 2.75) is 31.1 Å². The minimum Gasteiger partial charge on any atom is -0.329 e. The highest BCUT2D eigenvalue weighted by molar-refractivity contribution is 5.96. The molecule has 2 amide bonds. The van der Waals surface area contributed by atoms with Gasteiger partial charge in [0.15, 0.2) is 0 Å². The van der Waals surface area contributed by atoms with Gasteiger partial charge >= 0.3 is 12.2 Å². The second-order valence-electron chi connectivity index (χ2n) is 5.26. The number of nitriles is 1. The van der Waals surface area contributed by atoms with Crippen LogP contribution < -0.4 is 10.2 Å². The molecule has 114 valence electrons. The van der Waals surface area contributed by atoms with Gasteiger partial charge in [0.1, 0.15) is 0 Å². The van der Waals surface area contributed by atoms with E-state index in [-0.39, 0.29) is 17.8 Å². The van der Waals surface area contributed by atoms with Crippen molar-refractivity contribution in [2.24, 2.45) is 0 Å². The predicted octanol–water partition coefficient (Wildman–Crippen LogP) is 3.19. The number of amides is 2. The number of nitrogens with one attached hydrogen (secondary N) is 1. The number of carbonyl (C=O) groups excluding carboxylic acids is 1. The highest BCUT2D eigenvalue weighted by Gasteiger charge is 2.41. The van der Waals surface area contributed by atoms with Crippen molar-refractivity contribution in [3.63, 3.8) is 0 Å². The number of allylic oxidation sites excluding steroid dienone is 1. The lowest BCUT2D eigenvalue weighted by atomic mass is 9.96. The molecule has 2 aliphatic rings. The molecule has 1 N–H and O–H groups in total. The molecule has 3 rings (SSSR count). The number of carbonyl (C=O) groups is 1. The van der Waals surface area contributed by atoms with Gasteiger partial charge in [0.05, 0.1) is 29.3 Å². The summed E-state index contributed by atoms with van der Waals surface area (Å²) in [6.45, 7) is 0. The molecule has 4 nitrogen and oxygen atoms in total. The van der Waals surface area contributed by atoms with Crippen molar-refractivity contribution in [1.29, 1.82) is 5.26 Å². The van der Waals surface area contributed by atoms with Crippen LogP contribution in [0.15, 0.2) is 30.4 Å². The lowest BCUT2D eigenvalue weighted by Gasteiger charge is -2.27. The highest BCUT2D eigenvalue weighted by Crippen LogP contribution is 2.36. The van der Waals surface area contributed by atoms with Crippen LogP contribution in [0.5, 0.6) is 0 Å². The summed E-state index contributed by atoms with van der Waals surface area (Å²) in [7, 11) is 0. The molecule has 0 aromatic heterocycles. The number of rotatable bonds is 1. The van der Waals surface area contributed by atoms with Crippen molar-refractivity contribution < 1.29 is 18.0 Å². The van der Waals surface area contributed by atoms with Gasteiger partial charge < -0.3 is 5.32 Å². The van der Waals surface area contributed by atoms with E-state index < -0.39 is 23.3 Å². The highest BCUT2D eigenvalue weighted by atomic mass is 19.4. The van der Waals surface area contributed by atoms with E-state index in [2.05, 4.69) is 5.32 Å². The predicted molar refractivity (Wildman–Crippen MR) is 73.1 cm³/mol. The molecule has 0 spiro atoms. The number of fused-ring (bicyclic) bond motifs is 1. The van der Waals surface area contributed by atoms with Crippen LogP contribution in [0.3, 0.4) is 0 Å². The van der Waals surface area contributed by atoms with Crippen LogP contribution in [-0.4, -0.2) is 18.1 Å². The van der Waals surface area contributed by atoms with Crippen LogP contribution >= 0.6 is 0 Å². The Morgan fingerprint density at radius 3 is 2.82 bits per heavy atom. The third-order valence-corrected chi connectivity index (χ3v) is 3.93. The molecule has 2 unspecified atom stereocenters. The summed E-state index contributed by atoms with van der Waals surface area (Å²) in [6.07, 6.45) is 0.630. The maximum absolute atomic E-state index is 13.1. The Kier molecular flexibility index (Phi) is 3.32. The zero-order chi connectivity index (χ0) is 15.9. The van der Waals surface area contributed by atoms with Crippen LogP contribution in [0, 0.1) is 11.3 Å². The van der Waals surface area contributed by atoms with Crippen LogP contribution in [-0.2, 0) is 6.18 Å². The van der Waals surface area contributed by atoms with Gasteiger partial charge in [0, 0.05) is 5.69 Å². The number of urea groups is 1. The monoisotopic (exact) mass is 307 g/mol. The van der Waals surface area contributed by atoms with E-state index >= 15 is 0 Å². The van der Waals surface area contributed by atoms with Gasteiger partial charge in [-0.2, -0.15) is 18.4 Å². The molecule has 2 atom stereocenters.